The molecule has 0 aliphatic carbocycles. The van der Waals surface area contributed by atoms with Gasteiger partial charge in [-0.2, -0.15) is 0 Å². The lowest BCUT2D eigenvalue weighted by molar-refractivity contribution is 0.177. The third-order valence-electron chi connectivity index (χ3n) is 2.64. The van der Waals surface area contributed by atoms with Gasteiger partial charge in [-0.05, 0) is 31.0 Å². The normalized spacial score (nSPS) is 13.8. The van der Waals surface area contributed by atoms with Gasteiger partial charge in [-0.25, -0.2) is 12.7 Å². The van der Waals surface area contributed by atoms with Crippen molar-refractivity contribution >= 4 is 15.7 Å². The lowest BCUT2D eigenvalue weighted by Gasteiger charge is -2.18. The van der Waals surface area contributed by atoms with Gasteiger partial charge in [0.05, 0.1) is 11.9 Å². The van der Waals surface area contributed by atoms with Gasteiger partial charge >= 0.3 is 0 Å². The highest BCUT2D eigenvalue weighted by Crippen LogP contribution is 2.13. The molecule has 6 heteroatoms. The van der Waals surface area contributed by atoms with Crippen LogP contribution in [0.25, 0.3) is 0 Å². The summed E-state index contributed by atoms with van der Waals surface area (Å²) in [4.78, 5) is 0. The summed E-state index contributed by atoms with van der Waals surface area (Å²) >= 11 is 0. The van der Waals surface area contributed by atoms with E-state index in [-0.39, 0.29) is 5.75 Å². The van der Waals surface area contributed by atoms with E-state index in [1.807, 2.05) is 0 Å². The van der Waals surface area contributed by atoms with Crippen molar-refractivity contribution in [1.29, 1.82) is 0 Å². The fraction of sp³-hybridized carbons (Fsp3) is 0.500. The molecular weight excluding hydrogens is 252 g/mol. The Morgan fingerprint density at radius 2 is 2.11 bits per heavy atom. The number of benzene rings is 1. The number of rotatable bonds is 6. The molecular formula is C12H20N2O3S. The van der Waals surface area contributed by atoms with Crippen molar-refractivity contribution < 1.29 is 13.5 Å². The molecule has 1 unspecified atom stereocenters. The number of aliphatic hydroxyl groups excluding tert-OH is 1. The third kappa shape index (κ3) is 4.64. The Morgan fingerprint density at radius 3 is 2.67 bits per heavy atom. The van der Waals surface area contributed by atoms with Crippen LogP contribution in [0, 0.1) is 0 Å². The maximum atomic E-state index is 12.0. The molecule has 0 saturated heterocycles. The van der Waals surface area contributed by atoms with Crippen molar-refractivity contribution in [3.8, 4) is 0 Å². The number of nitrogens with zero attached hydrogens (tertiary/aromatic N) is 1. The lowest BCUT2D eigenvalue weighted by atomic mass is 10.2. The Bertz CT molecular complexity index is 486. The minimum Gasteiger partial charge on any atom is -0.399 e. The van der Waals surface area contributed by atoms with Crippen molar-refractivity contribution in [2.45, 2.75) is 25.2 Å². The van der Waals surface area contributed by atoms with Crippen molar-refractivity contribution in [2.24, 2.45) is 0 Å². The number of aliphatic hydroxyl groups is 1. The molecule has 0 aliphatic heterocycles. The van der Waals surface area contributed by atoms with Crippen molar-refractivity contribution in [3.05, 3.63) is 29.8 Å². The number of hydrogen-bond donors (Lipinski definition) is 2. The SMILES string of the molecule is CC(O)CCN(C)S(=O)(=O)Cc1cccc(N)c1. The standard InChI is InChI=1S/C12H20N2O3S/c1-10(15)6-7-14(2)18(16,17)9-11-4-3-5-12(13)8-11/h3-5,8,10,15H,6-7,9,13H2,1-2H3. The van der Waals surface area contributed by atoms with E-state index < -0.39 is 16.1 Å². The Hall–Kier alpha value is -1.11. The molecule has 18 heavy (non-hydrogen) atoms. The zero-order valence-corrected chi connectivity index (χ0v) is 11.5. The summed E-state index contributed by atoms with van der Waals surface area (Å²) in [6.45, 7) is 1.95. The van der Waals surface area contributed by atoms with E-state index >= 15 is 0 Å². The summed E-state index contributed by atoms with van der Waals surface area (Å²) in [5.41, 5.74) is 6.83. The van der Waals surface area contributed by atoms with Gasteiger partial charge in [0.15, 0.2) is 0 Å². The van der Waals surface area contributed by atoms with Crippen LogP contribution in [0.5, 0.6) is 0 Å². The summed E-state index contributed by atoms with van der Waals surface area (Å²) in [5.74, 6) is -0.0751. The Kier molecular flexibility index (Phi) is 5.13. The highest BCUT2D eigenvalue weighted by Gasteiger charge is 2.18. The Balaban J connectivity index is 2.69. The first kappa shape index (κ1) is 14.9. The van der Waals surface area contributed by atoms with Gasteiger partial charge in [0.25, 0.3) is 0 Å². The average molecular weight is 272 g/mol. The fourth-order valence-corrected chi connectivity index (χ4v) is 2.72. The predicted molar refractivity (Wildman–Crippen MR) is 72.4 cm³/mol. The first-order chi connectivity index (χ1) is 8.31. The molecule has 0 fully saturated rings. The van der Waals surface area contributed by atoms with E-state index in [4.69, 9.17) is 10.8 Å². The largest absolute Gasteiger partial charge is 0.399 e. The molecule has 1 aromatic carbocycles. The second-order valence-electron chi connectivity index (χ2n) is 4.46. The molecule has 0 spiro atoms. The topological polar surface area (TPSA) is 83.6 Å². The lowest BCUT2D eigenvalue weighted by Crippen LogP contribution is -2.30. The van der Waals surface area contributed by atoms with Crippen LogP contribution in [0.1, 0.15) is 18.9 Å². The summed E-state index contributed by atoms with van der Waals surface area (Å²) in [6.07, 6.45) is -0.0813. The molecule has 1 aromatic rings. The Morgan fingerprint density at radius 1 is 1.44 bits per heavy atom. The van der Waals surface area contributed by atoms with Crippen LogP contribution in [0.15, 0.2) is 24.3 Å². The second kappa shape index (κ2) is 6.17. The maximum absolute atomic E-state index is 12.0. The van der Waals surface area contributed by atoms with E-state index in [1.54, 1.807) is 31.2 Å². The van der Waals surface area contributed by atoms with E-state index in [9.17, 15) is 8.42 Å². The minimum absolute atomic E-state index is 0.0751. The first-order valence-corrected chi connectivity index (χ1v) is 7.38. The summed E-state index contributed by atoms with van der Waals surface area (Å²) in [5, 5.41) is 9.16. The number of nitrogens with two attached hydrogens (primary N) is 1. The smallest absolute Gasteiger partial charge is 0.218 e. The van der Waals surface area contributed by atoms with Crippen LogP contribution in [-0.2, 0) is 15.8 Å². The number of anilines is 1. The zero-order valence-electron chi connectivity index (χ0n) is 10.7. The second-order valence-corrected chi connectivity index (χ2v) is 6.54. The van der Waals surface area contributed by atoms with Gasteiger partial charge < -0.3 is 10.8 Å². The summed E-state index contributed by atoms with van der Waals surface area (Å²) in [7, 11) is -1.84. The summed E-state index contributed by atoms with van der Waals surface area (Å²) in [6, 6.07) is 6.83. The molecule has 0 radical (unpaired) electrons. The Labute approximate surface area is 108 Å². The quantitative estimate of drug-likeness (QED) is 0.750. The van der Waals surface area contributed by atoms with Crippen molar-refractivity contribution in [3.63, 3.8) is 0 Å². The maximum Gasteiger partial charge on any atom is 0.218 e. The molecule has 0 amide bonds. The molecule has 1 rings (SSSR count). The van der Waals surface area contributed by atoms with Crippen LogP contribution in [0.3, 0.4) is 0 Å². The molecule has 0 bridgehead atoms. The molecule has 5 nitrogen and oxygen atoms in total. The molecule has 0 aromatic heterocycles. The highest BCUT2D eigenvalue weighted by atomic mass is 32.2. The van der Waals surface area contributed by atoms with Crippen LogP contribution in [0.2, 0.25) is 0 Å². The van der Waals surface area contributed by atoms with Gasteiger partial charge in [-0.1, -0.05) is 12.1 Å². The van der Waals surface area contributed by atoms with E-state index in [0.29, 0.717) is 24.2 Å². The molecule has 3 N–H and O–H groups in total. The molecule has 0 saturated carbocycles. The molecule has 102 valence electrons. The van der Waals surface area contributed by atoms with Crippen LogP contribution < -0.4 is 5.73 Å². The number of hydrogen-bond acceptors (Lipinski definition) is 4. The van der Waals surface area contributed by atoms with Crippen LogP contribution >= 0.6 is 0 Å². The minimum atomic E-state index is -3.36. The monoisotopic (exact) mass is 272 g/mol. The molecule has 0 aliphatic rings. The third-order valence-corrected chi connectivity index (χ3v) is 4.47. The highest BCUT2D eigenvalue weighted by molar-refractivity contribution is 7.88. The number of nitrogen functional groups attached to an aromatic ring is 1. The first-order valence-electron chi connectivity index (χ1n) is 5.78. The average Bonchev–Trinajstić information content (AvgIpc) is 2.25. The van der Waals surface area contributed by atoms with Gasteiger partial charge in [0, 0.05) is 19.3 Å². The van der Waals surface area contributed by atoms with E-state index in [2.05, 4.69) is 0 Å². The number of sulfonamides is 1. The van der Waals surface area contributed by atoms with Crippen LogP contribution in [-0.4, -0.2) is 37.5 Å². The van der Waals surface area contributed by atoms with Gasteiger partial charge in [0.2, 0.25) is 10.0 Å². The van der Waals surface area contributed by atoms with Gasteiger partial charge in [0.1, 0.15) is 0 Å². The zero-order chi connectivity index (χ0) is 13.8. The van der Waals surface area contributed by atoms with Crippen molar-refractivity contribution in [2.75, 3.05) is 19.3 Å². The van der Waals surface area contributed by atoms with E-state index in [0.717, 1.165) is 0 Å². The predicted octanol–water partition coefficient (Wildman–Crippen LogP) is 0.801. The van der Waals surface area contributed by atoms with Crippen molar-refractivity contribution in [1.82, 2.24) is 4.31 Å². The molecule has 0 heterocycles. The summed E-state index contributed by atoms with van der Waals surface area (Å²) < 4.78 is 25.3. The van der Waals surface area contributed by atoms with E-state index in [1.165, 1.54) is 11.4 Å². The molecule has 1 atom stereocenters. The van der Waals surface area contributed by atoms with Crippen LogP contribution in [0.4, 0.5) is 5.69 Å². The van der Waals surface area contributed by atoms with Gasteiger partial charge in [-0.15, -0.1) is 0 Å². The van der Waals surface area contributed by atoms with Gasteiger partial charge in [-0.3, -0.25) is 0 Å². The fourth-order valence-electron chi connectivity index (χ4n) is 1.51.